The number of unbranched alkanes of at least 4 members (excludes halogenated alkanes) is 1. The predicted octanol–water partition coefficient (Wildman–Crippen LogP) is 1.39. The van der Waals surface area contributed by atoms with Crippen molar-refractivity contribution in [3.05, 3.63) is 35.4 Å². The Morgan fingerprint density at radius 2 is 1.61 bits per heavy atom. The van der Waals surface area contributed by atoms with Gasteiger partial charge < -0.3 is 9.64 Å². The zero-order valence-electron chi connectivity index (χ0n) is 16.1. The summed E-state index contributed by atoms with van der Waals surface area (Å²) in [5.41, 5.74) is 1.03. The lowest BCUT2D eigenvalue weighted by Gasteiger charge is -2.35. The molecule has 3 aliphatic heterocycles. The van der Waals surface area contributed by atoms with E-state index in [9.17, 15) is 14.4 Å². The van der Waals surface area contributed by atoms with E-state index in [1.54, 1.807) is 24.3 Å². The van der Waals surface area contributed by atoms with E-state index in [1.165, 1.54) is 4.90 Å². The van der Waals surface area contributed by atoms with E-state index in [0.717, 1.165) is 58.4 Å². The molecule has 28 heavy (non-hydrogen) atoms. The summed E-state index contributed by atoms with van der Waals surface area (Å²) in [7, 11) is 0. The van der Waals surface area contributed by atoms with Crippen LogP contribution >= 0.6 is 0 Å². The van der Waals surface area contributed by atoms with Crippen molar-refractivity contribution in [2.75, 3.05) is 45.9 Å². The van der Waals surface area contributed by atoms with Gasteiger partial charge in [-0.2, -0.15) is 0 Å². The number of amides is 3. The molecular weight excluding hydrogens is 358 g/mol. The lowest BCUT2D eigenvalue weighted by molar-refractivity contribution is -0.142. The molecule has 0 aromatic heterocycles. The molecule has 150 valence electrons. The Morgan fingerprint density at radius 3 is 2.21 bits per heavy atom. The third-order valence-corrected chi connectivity index (χ3v) is 5.87. The SMILES string of the molecule is O=C(C1CCCO1)N1CCN(CCCCN2C(=O)c3ccccc3C2=O)CC1. The summed E-state index contributed by atoms with van der Waals surface area (Å²) in [6.07, 6.45) is 3.31. The highest BCUT2D eigenvalue weighted by Crippen LogP contribution is 2.22. The van der Waals surface area contributed by atoms with Gasteiger partial charge in [-0.15, -0.1) is 0 Å². The second kappa shape index (κ2) is 8.41. The topological polar surface area (TPSA) is 70.2 Å². The molecule has 0 N–H and O–H groups in total. The zero-order valence-corrected chi connectivity index (χ0v) is 16.1. The maximum atomic E-state index is 12.4. The number of carbonyl (C=O) groups is 3. The van der Waals surface area contributed by atoms with Crippen molar-refractivity contribution in [3.8, 4) is 0 Å². The Balaban J connectivity index is 1.17. The van der Waals surface area contributed by atoms with Gasteiger partial charge in [0.1, 0.15) is 6.10 Å². The molecule has 1 aromatic rings. The minimum Gasteiger partial charge on any atom is -0.368 e. The average molecular weight is 385 g/mol. The van der Waals surface area contributed by atoms with E-state index in [-0.39, 0.29) is 23.8 Å². The number of imide groups is 1. The second-order valence-corrected chi connectivity index (χ2v) is 7.68. The van der Waals surface area contributed by atoms with E-state index in [4.69, 9.17) is 4.74 Å². The molecule has 7 nitrogen and oxygen atoms in total. The highest BCUT2D eigenvalue weighted by molar-refractivity contribution is 6.21. The van der Waals surface area contributed by atoms with Crippen molar-refractivity contribution in [1.29, 1.82) is 0 Å². The van der Waals surface area contributed by atoms with Crippen LogP contribution < -0.4 is 0 Å². The molecule has 3 heterocycles. The van der Waals surface area contributed by atoms with Crippen molar-refractivity contribution >= 4 is 17.7 Å². The van der Waals surface area contributed by atoms with Gasteiger partial charge in [-0.1, -0.05) is 12.1 Å². The number of ether oxygens (including phenoxy) is 1. The fourth-order valence-electron chi connectivity index (χ4n) is 4.22. The molecule has 0 radical (unpaired) electrons. The van der Waals surface area contributed by atoms with Crippen LogP contribution in [0.5, 0.6) is 0 Å². The molecule has 1 atom stereocenters. The third kappa shape index (κ3) is 3.82. The lowest BCUT2D eigenvalue weighted by atomic mass is 10.1. The Kier molecular flexibility index (Phi) is 5.73. The van der Waals surface area contributed by atoms with Gasteiger partial charge in [-0.05, 0) is 44.4 Å². The third-order valence-electron chi connectivity index (χ3n) is 5.87. The molecule has 4 rings (SSSR count). The molecule has 2 saturated heterocycles. The first-order valence-corrected chi connectivity index (χ1v) is 10.2. The van der Waals surface area contributed by atoms with Gasteiger partial charge in [-0.25, -0.2) is 0 Å². The molecule has 1 aromatic carbocycles. The van der Waals surface area contributed by atoms with E-state index in [2.05, 4.69) is 4.90 Å². The Bertz CT molecular complexity index is 717. The van der Waals surface area contributed by atoms with Gasteiger partial charge in [0.2, 0.25) is 0 Å². The molecular formula is C21H27N3O4. The van der Waals surface area contributed by atoms with Crippen molar-refractivity contribution in [3.63, 3.8) is 0 Å². The highest BCUT2D eigenvalue weighted by Gasteiger charge is 2.34. The van der Waals surface area contributed by atoms with Gasteiger partial charge in [0.05, 0.1) is 11.1 Å². The number of benzene rings is 1. The normalized spacial score (nSPS) is 22.8. The maximum Gasteiger partial charge on any atom is 0.261 e. The summed E-state index contributed by atoms with van der Waals surface area (Å²) >= 11 is 0. The van der Waals surface area contributed by atoms with Crippen LogP contribution in [-0.2, 0) is 9.53 Å². The van der Waals surface area contributed by atoms with Gasteiger partial charge in [0.15, 0.2) is 0 Å². The highest BCUT2D eigenvalue weighted by atomic mass is 16.5. The van der Waals surface area contributed by atoms with Gasteiger partial charge >= 0.3 is 0 Å². The van der Waals surface area contributed by atoms with Gasteiger partial charge in [0.25, 0.3) is 17.7 Å². The summed E-state index contributed by atoms with van der Waals surface area (Å²) in [6, 6.07) is 7.01. The van der Waals surface area contributed by atoms with Crippen molar-refractivity contribution < 1.29 is 19.1 Å². The molecule has 3 amide bonds. The molecule has 3 aliphatic rings. The van der Waals surface area contributed by atoms with E-state index in [1.807, 2.05) is 4.90 Å². The zero-order chi connectivity index (χ0) is 19.5. The van der Waals surface area contributed by atoms with Crippen LogP contribution in [0.3, 0.4) is 0 Å². The molecule has 0 saturated carbocycles. The fraction of sp³-hybridized carbons (Fsp3) is 0.571. The number of rotatable bonds is 6. The summed E-state index contributed by atoms with van der Waals surface area (Å²) < 4.78 is 5.50. The summed E-state index contributed by atoms with van der Waals surface area (Å²) in [5.74, 6) is -0.216. The first kappa shape index (κ1) is 19.1. The van der Waals surface area contributed by atoms with E-state index >= 15 is 0 Å². The number of hydrogen-bond acceptors (Lipinski definition) is 5. The van der Waals surface area contributed by atoms with Crippen LogP contribution in [0.25, 0.3) is 0 Å². The quantitative estimate of drug-likeness (QED) is 0.547. The fourth-order valence-corrected chi connectivity index (χ4v) is 4.22. The second-order valence-electron chi connectivity index (χ2n) is 7.68. The first-order chi connectivity index (χ1) is 13.6. The standard InChI is InChI=1S/C21H27N3O4/c25-19-16-6-1-2-7-17(16)20(26)24(19)10-4-3-9-22-11-13-23(14-12-22)21(27)18-8-5-15-28-18/h1-2,6-7,18H,3-5,8-15H2. The van der Waals surface area contributed by atoms with Gasteiger partial charge in [0, 0.05) is 39.3 Å². The van der Waals surface area contributed by atoms with Crippen LogP contribution in [0.2, 0.25) is 0 Å². The molecule has 0 bridgehead atoms. The number of nitrogens with zero attached hydrogens (tertiary/aromatic N) is 3. The first-order valence-electron chi connectivity index (χ1n) is 10.2. The Hall–Kier alpha value is -2.25. The molecule has 0 spiro atoms. The molecule has 0 aliphatic carbocycles. The predicted molar refractivity (Wildman–Crippen MR) is 103 cm³/mol. The maximum absolute atomic E-state index is 12.4. The lowest BCUT2D eigenvalue weighted by Crippen LogP contribution is -2.51. The number of carbonyl (C=O) groups excluding carboxylic acids is 3. The van der Waals surface area contributed by atoms with Crippen LogP contribution in [0, 0.1) is 0 Å². The number of piperazine rings is 1. The van der Waals surface area contributed by atoms with Crippen LogP contribution in [0.4, 0.5) is 0 Å². The average Bonchev–Trinajstić information content (AvgIpc) is 3.35. The summed E-state index contributed by atoms with van der Waals surface area (Å²) in [4.78, 5) is 42.7. The summed E-state index contributed by atoms with van der Waals surface area (Å²) in [6.45, 7) is 5.31. The van der Waals surface area contributed by atoms with Crippen molar-refractivity contribution in [2.45, 2.75) is 31.8 Å². The Labute approximate surface area is 165 Å². The van der Waals surface area contributed by atoms with E-state index in [0.29, 0.717) is 24.3 Å². The van der Waals surface area contributed by atoms with Crippen LogP contribution in [0.15, 0.2) is 24.3 Å². The number of fused-ring (bicyclic) bond motifs is 1. The van der Waals surface area contributed by atoms with Crippen molar-refractivity contribution in [1.82, 2.24) is 14.7 Å². The van der Waals surface area contributed by atoms with Crippen molar-refractivity contribution in [2.24, 2.45) is 0 Å². The smallest absolute Gasteiger partial charge is 0.261 e. The summed E-state index contributed by atoms with van der Waals surface area (Å²) in [5, 5.41) is 0. The minimum absolute atomic E-state index is 0.141. The number of hydrogen-bond donors (Lipinski definition) is 0. The largest absolute Gasteiger partial charge is 0.368 e. The van der Waals surface area contributed by atoms with Crippen LogP contribution in [-0.4, -0.2) is 84.4 Å². The van der Waals surface area contributed by atoms with Gasteiger partial charge in [-0.3, -0.25) is 24.2 Å². The van der Waals surface area contributed by atoms with E-state index < -0.39 is 0 Å². The monoisotopic (exact) mass is 385 g/mol. The molecule has 7 heteroatoms. The minimum atomic E-state index is -0.230. The van der Waals surface area contributed by atoms with Crippen LogP contribution in [0.1, 0.15) is 46.4 Å². The molecule has 2 fully saturated rings. The Morgan fingerprint density at radius 1 is 0.964 bits per heavy atom. The molecule has 1 unspecified atom stereocenters.